The summed E-state index contributed by atoms with van der Waals surface area (Å²) in [5, 5.41) is 0.519. The number of unbranched alkanes of at least 4 members (excludes halogenated alkanes) is 1. The Balaban J connectivity index is 1.98. The van der Waals surface area contributed by atoms with Crippen LogP contribution in [-0.2, 0) is 6.42 Å². The minimum absolute atomic E-state index is 0.0307. The molecule has 0 saturated carbocycles. The summed E-state index contributed by atoms with van der Waals surface area (Å²) in [5.74, 6) is 0.824. The van der Waals surface area contributed by atoms with Crippen LogP contribution in [0.15, 0.2) is 42.7 Å². The number of hydrogen-bond acceptors (Lipinski definition) is 3. The van der Waals surface area contributed by atoms with Crippen molar-refractivity contribution in [2.75, 3.05) is 6.61 Å². The lowest BCUT2D eigenvalue weighted by Crippen LogP contribution is -2.04. The Morgan fingerprint density at radius 1 is 1.24 bits per heavy atom. The number of ketones is 1. The number of aromatic nitrogens is 1. The maximum absolute atomic E-state index is 12.2. The minimum Gasteiger partial charge on any atom is -0.494 e. The Labute approximate surface area is 129 Å². The number of carbonyl (C=O) groups excluding carboxylic acids is 1. The van der Waals surface area contributed by atoms with E-state index < -0.39 is 0 Å². The predicted molar refractivity (Wildman–Crippen MR) is 84.1 cm³/mol. The first-order valence-electron chi connectivity index (χ1n) is 7.05. The fourth-order valence-electron chi connectivity index (χ4n) is 1.89. The highest BCUT2D eigenvalue weighted by Gasteiger charge is 2.09. The van der Waals surface area contributed by atoms with Crippen molar-refractivity contribution < 1.29 is 9.53 Å². The fourth-order valence-corrected chi connectivity index (χ4v) is 2.08. The molecule has 21 heavy (non-hydrogen) atoms. The number of halogens is 1. The van der Waals surface area contributed by atoms with Crippen LogP contribution in [0.4, 0.5) is 0 Å². The number of nitrogens with zero attached hydrogens (tertiary/aromatic N) is 1. The first kappa shape index (κ1) is 15.5. The van der Waals surface area contributed by atoms with E-state index in [1.54, 1.807) is 30.6 Å². The first-order chi connectivity index (χ1) is 10.2. The highest BCUT2D eigenvalue weighted by atomic mass is 35.5. The summed E-state index contributed by atoms with van der Waals surface area (Å²) in [7, 11) is 0. The fraction of sp³-hybridized carbons (Fsp3) is 0.294. The van der Waals surface area contributed by atoms with Crippen molar-refractivity contribution in [1.82, 2.24) is 4.98 Å². The van der Waals surface area contributed by atoms with Crippen LogP contribution in [0.3, 0.4) is 0 Å². The molecule has 2 aromatic rings. The highest BCUT2D eigenvalue weighted by Crippen LogP contribution is 2.18. The monoisotopic (exact) mass is 303 g/mol. The van der Waals surface area contributed by atoms with Gasteiger partial charge >= 0.3 is 0 Å². The van der Waals surface area contributed by atoms with Crippen LogP contribution >= 0.6 is 11.6 Å². The molecule has 0 saturated heterocycles. The number of hydrogen-bond donors (Lipinski definition) is 0. The third-order valence-corrected chi connectivity index (χ3v) is 3.49. The van der Waals surface area contributed by atoms with Gasteiger partial charge in [-0.2, -0.15) is 0 Å². The van der Waals surface area contributed by atoms with Crippen molar-refractivity contribution in [1.29, 1.82) is 0 Å². The maximum Gasteiger partial charge on any atom is 0.167 e. The second-order valence-electron chi connectivity index (χ2n) is 4.79. The van der Waals surface area contributed by atoms with Crippen LogP contribution < -0.4 is 4.74 Å². The lowest BCUT2D eigenvalue weighted by atomic mass is 10.0. The third-order valence-electron chi connectivity index (χ3n) is 3.15. The number of benzene rings is 1. The minimum atomic E-state index is 0.0307. The van der Waals surface area contributed by atoms with Crippen LogP contribution in [0.25, 0.3) is 0 Å². The molecule has 0 N–H and O–H groups in total. The summed E-state index contributed by atoms with van der Waals surface area (Å²) in [6.45, 7) is 2.83. The molecule has 1 heterocycles. The lowest BCUT2D eigenvalue weighted by Gasteiger charge is -2.07. The molecule has 0 fully saturated rings. The van der Waals surface area contributed by atoms with Crippen LogP contribution in [0.2, 0.25) is 5.02 Å². The van der Waals surface area contributed by atoms with Gasteiger partial charge in [-0.25, -0.2) is 0 Å². The molecular formula is C17H18ClNO2. The molecule has 0 unspecified atom stereocenters. The molecule has 0 radical (unpaired) electrons. The van der Waals surface area contributed by atoms with E-state index in [1.165, 1.54) is 0 Å². The average Bonchev–Trinajstić information content (AvgIpc) is 2.50. The molecule has 2 rings (SSSR count). The van der Waals surface area contributed by atoms with E-state index in [-0.39, 0.29) is 12.2 Å². The topological polar surface area (TPSA) is 39.2 Å². The van der Waals surface area contributed by atoms with Crippen molar-refractivity contribution in [3.63, 3.8) is 0 Å². The molecular weight excluding hydrogens is 286 g/mol. The van der Waals surface area contributed by atoms with Gasteiger partial charge in [0, 0.05) is 24.4 Å². The van der Waals surface area contributed by atoms with Crippen molar-refractivity contribution in [2.45, 2.75) is 26.2 Å². The smallest absolute Gasteiger partial charge is 0.167 e. The van der Waals surface area contributed by atoms with Crippen LogP contribution in [0.1, 0.15) is 35.7 Å². The molecule has 0 atom stereocenters. The number of rotatable bonds is 7. The van der Waals surface area contributed by atoms with Gasteiger partial charge in [-0.1, -0.05) is 24.9 Å². The predicted octanol–water partition coefficient (Wildman–Crippen LogP) is 4.34. The SMILES string of the molecule is CCCCOc1ccc(C(=O)Cc2ccncc2Cl)cc1. The Kier molecular flexibility index (Phi) is 5.76. The van der Waals surface area contributed by atoms with Crippen molar-refractivity contribution in [3.05, 3.63) is 58.9 Å². The van der Waals surface area contributed by atoms with E-state index in [4.69, 9.17) is 16.3 Å². The normalized spacial score (nSPS) is 10.4. The molecule has 0 aliphatic heterocycles. The zero-order chi connectivity index (χ0) is 15.1. The quantitative estimate of drug-likeness (QED) is 0.564. The zero-order valence-corrected chi connectivity index (χ0v) is 12.8. The van der Waals surface area contributed by atoms with Gasteiger partial charge in [0.15, 0.2) is 5.78 Å². The van der Waals surface area contributed by atoms with Crippen LogP contribution in [0, 0.1) is 0 Å². The molecule has 1 aromatic carbocycles. The van der Waals surface area contributed by atoms with E-state index >= 15 is 0 Å². The molecule has 0 aliphatic rings. The van der Waals surface area contributed by atoms with Crippen LogP contribution in [0.5, 0.6) is 5.75 Å². The first-order valence-corrected chi connectivity index (χ1v) is 7.43. The van der Waals surface area contributed by atoms with Gasteiger partial charge in [0.1, 0.15) is 5.75 Å². The van der Waals surface area contributed by atoms with E-state index in [2.05, 4.69) is 11.9 Å². The Bertz CT molecular complexity index is 596. The number of Topliss-reactive ketones (excluding diaryl/α,β-unsaturated/α-hetero) is 1. The van der Waals surface area contributed by atoms with Crippen molar-refractivity contribution in [3.8, 4) is 5.75 Å². The van der Waals surface area contributed by atoms with Gasteiger partial charge in [0.05, 0.1) is 11.6 Å². The van der Waals surface area contributed by atoms with Gasteiger partial charge in [-0.15, -0.1) is 0 Å². The summed E-state index contributed by atoms with van der Waals surface area (Å²) in [4.78, 5) is 16.1. The van der Waals surface area contributed by atoms with Gasteiger partial charge in [-0.05, 0) is 42.3 Å². The van der Waals surface area contributed by atoms with E-state index in [0.29, 0.717) is 17.2 Å². The molecule has 3 nitrogen and oxygen atoms in total. The van der Waals surface area contributed by atoms with E-state index in [1.807, 2.05) is 12.1 Å². The van der Waals surface area contributed by atoms with E-state index in [9.17, 15) is 4.79 Å². The van der Waals surface area contributed by atoms with Crippen molar-refractivity contribution in [2.24, 2.45) is 0 Å². The molecule has 110 valence electrons. The molecule has 0 amide bonds. The zero-order valence-electron chi connectivity index (χ0n) is 12.0. The molecule has 1 aromatic heterocycles. The summed E-state index contributed by atoms with van der Waals surface area (Å²) in [6, 6.07) is 9.01. The van der Waals surface area contributed by atoms with Crippen molar-refractivity contribution >= 4 is 17.4 Å². The lowest BCUT2D eigenvalue weighted by molar-refractivity contribution is 0.0993. The largest absolute Gasteiger partial charge is 0.494 e. The van der Waals surface area contributed by atoms with Gasteiger partial charge in [0.2, 0.25) is 0 Å². The summed E-state index contributed by atoms with van der Waals surface area (Å²) < 4.78 is 5.58. The van der Waals surface area contributed by atoms with Gasteiger partial charge in [0.25, 0.3) is 0 Å². The Morgan fingerprint density at radius 3 is 2.67 bits per heavy atom. The Morgan fingerprint density at radius 2 is 2.00 bits per heavy atom. The van der Waals surface area contributed by atoms with Gasteiger partial charge < -0.3 is 4.74 Å². The summed E-state index contributed by atoms with van der Waals surface area (Å²) in [5.41, 5.74) is 1.45. The second kappa shape index (κ2) is 7.79. The number of carbonyl (C=O) groups is 1. The standard InChI is InChI=1S/C17H18ClNO2/c1-2-3-10-21-15-6-4-13(5-7-15)17(20)11-14-8-9-19-12-16(14)18/h4-9,12H,2-3,10-11H2,1H3. The summed E-state index contributed by atoms with van der Waals surface area (Å²) >= 11 is 6.02. The molecule has 0 aliphatic carbocycles. The third kappa shape index (κ3) is 4.57. The summed E-state index contributed by atoms with van der Waals surface area (Å²) in [6.07, 6.45) is 5.59. The number of pyridine rings is 1. The van der Waals surface area contributed by atoms with E-state index in [0.717, 1.165) is 24.2 Å². The molecule has 0 spiro atoms. The Hall–Kier alpha value is -1.87. The molecule has 0 bridgehead atoms. The van der Waals surface area contributed by atoms with Gasteiger partial charge in [-0.3, -0.25) is 9.78 Å². The maximum atomic E-state index is 12.2. The number of ether oxygens (including phenoxy) is 1. The highest BCUT2D eigenvalue weighted by molar-refractivity contribution is 6.31. The average molecular weight is 304 g/mol. The van der Waals surface area contributed by atoms with Crippen LogP contribution in [-0.4, -0.2) is 17.4 Å². The second-order valence-corrected chi connectivity index (χ2v) is 5.20. The molecule has 4 heteroatoms.